The minimum absolute atomic E-state index is 0.0330. The van der Waals surface area contributed by atoms with Gasteiger partial charge in [-0.2, -0.15) is 0 Å². The third-order valence-corrected chi connectivity index (χ3v) is 2.88. The average Bonchev–Trinajstić information content (AvgIpc) is 2.81. The van der Waals surface area contributed by atoms with E-state index in [-0.39, 0.29) is 17.1 Å². The van der Waals surface area contributed by atoms with Gasteiger partial charge >= 0.3 is 11.8 Å². The second-order valence-electron chi connectivity index (χ2n) is 4.23. The SMILES string of the molecule is Cn1c(C(=O)Nc2cccc(C(=O)O)c2)ccc1[N+](=O)[O-]. The van der Waals surface area contributed by atoms with Crippen LogP contribution in [-0.4, -0.2) is 26.5 Å². The van der Waals surface area contributed by atoms with E-state index in [2.05, 4.69) is 5.32 Å². The molecule has 1 amide bonds. The van der Waals surface area contributed by atoms with Crippen LogP contribution >= 0.6 is 0 Å². The molecule has 0 aliphatic heterocycles. The molecule has 0 saturated carbocycles. The Morgan fingerprint density at radius 3 is 2.57 bits per heavy atom. The Morgan fingerprint density at radius 1 is 1.29 bits per heavy atom. The maximum Gasteiger partial charge on any atom is 0.335 e. The highest BCUT2D eigenvalue weighted by atomic mass is 16.6. The second kappa shape index (κ2) is 5.45. The summed E-state index contributed by atoms with van der Waals surface area (Å²) in [6, 6.07) is 8.27. The first-order valence-electron chi connectivity index (χ1n) is 5.85. The van der Waals surface area contributed by atoms with Crippen LogP contribution in [0, 0.1) is 10.1 Å². The number of carbonyl (C=O) groups excluding carboxylic acids is 1. The van der Waals surface area contributed by atoms with Crippen molar-refractivity contribution in [1.29, 1.82) is 0 Å². The van der Waals surface area contributed by atoms with E-state index in [1.807, 2.05) is 0 Å². The normalized spacial score (nSPS) is 10.1. The van der Waals surface area contributed by atoms with E-state index in [1.165, 1.54) is 43.4 Å². The summed E-state index contributed by atoms with van der Waals surface area (Å²) in [7, 11) is 1.40. The van der Waals surface area contributed by atoms with E-state index in [0.29, 0.717) is 5.69 Å². The van der Waals surface area contributed by atoms with Gasteiger partial charge in [0.15, 0.2) is 5.69 Å². The molecular formula is C13H11N3O5. The number of carboxylic acids is 1. The number of carbonyl (C=O) groups is 2. The zero-order valence-corrected chi connectivity index (χ0v) is 10.9. The molecule has 0 fully saturated rings. The molecule has 1 aromatic carbocycles. The van der Waals surface area contributed by atoms with Gasteiger partial charge in [-0.3, -0.25) is 4.79 Å². The highest BCUT2D eigenvalue weighted by molar-refractivity contribution is 6.04. The quantitative estimate of drug-likeness (QED) is 0.658. The largest absolute Gasteiger partial charge is 0.478 e. The molecule has 108 valence electrons. The number of carboxylic acid groups (broad SMARTS) is 1. The fraction of sp³-hybridized carbons (Fsp3) is 0.0769. The first-order chi connectivity index (χ1) is 9.90. The molecule has 0 aliphatic carbocycles. The lowest BCUT2D eigenvalue weighted by atomic mass is 10.2. The molecule has 2 rings (SSSR count). The smallest absolute Gasteiger partial charge is 0.335 e. The van der Waals surface area contributed by atoms with Crippen LogP contribution in [0.25, 0.3) is 0 Å². The predicted octanol–water partition coefficient (Wildman–Crippen LogP) is 1.88. The molecule has 2 aromatic rings. The van der Waals surface area contributed by atoms with Crippen molar-refractivity contribution >= 4 is 23.4 Å². The van der Waals surface area contributed by atoms with Gasteiger partial charge < -0.3 is 20.5 Å². The molecule has 0 atom stereocenters. The molecule has 0 bridgehead atoms. The molecule has 21 heavy (non-hydrogen) atoms. The highest BCUT2D eigenvalue weighted by Crippen LogP contribution is 2.17. The number of aromatic nitrogens is 1. The van der Waals surface area contributed by atoms with Gasteiger partial charge in [0.05, 0.1) is 12.6 Å². The van der Waals surface area contributed by atoms with Gasteiger partial charge in [-0.1, -0.05) is 6.07 Å². The standard InChI is InChI=1S/C13H11N3O5/c1-15-10(5-6-11(15)16(20)21)12(17)14-9-4-2-3-8(7-9)13(18)19/h2-7H,1H3,(H,14,17)(H,18,19). The summed E-state index contributed by atoms with van der Waals surface area (Å²) in [5, 5.41) is 22.1. The summed E-state index contributed by atoms with van der Waals surface area (Å²) in [6.45, 7) is 0. The van der Waals surface area contributed by atoms with Crippen molar-refractivity contribution in [1.82, 2.24) is 4.57 Å². The maximum atomic E-state index is 12.1. The molecule has 0 radical (unpaired) electrons. The number of benzene rings is 1. The van der Waals surface area contributed by atoms with Crippen LogP contribution in [0.2, 0.25) is 0 Å². The van der Waals surface area contributed by atoms with Gasteiger partial charge in [0.1, 0.15) is 0 Å². The van der Waals surface area contributed by atoms with Gasteiger partial charge in [-0.25, -0.2) is 9.36 Å². The lowest BCUT2D eigenvalue weighted by Crippen LogP contribution is -2.16. The number of hydrogen-bond acceptors (Lipinski definition) is 4. The van der Waals surface area contributed by atoms with Crippen LogP contribution in [0.1, 0.15) is 20.8 Å². The summed E-state index contributed by atoms with van der Waals surface area (Å²) in [5.74, 6) is -1.88. The Balaban J connectivity index is 2.24. The van der Waals surface area contributed by atoms with Crippen LogP contribution in [0.5, 0.6) is 0 Å². The maximum absolute atomic E-state index is 12.1. The first-order valence-corrected chi connectivity index (χ1v) is 5.85. The van der Waals surface area contributed by atoms with Crippen molar-refractivity contribution in [2.24, 2.45) is 7.05 Å². The first kappa shape index (κ1) is 14.3. The van der Waals surface area contributed by atoms with Crippen molar-refractivity contribution in [3.8, 4) is 0 Å². The topological polar surface area (TPSA) is 114 Å². The molecule has 8 nitrogen and oxygen atoms in total. The summed E-state index contributed by atoms with van der Waals surface area (Å²) in [6.07, 6.45) is 0. The van der Waals surface area contributed by atoms with Gasteiger partial charge in [0.2, 0.25) is 0 Å². The Hall–Kier alpha value is -3.16. The number of rotatable bonds is 4. The molecule has 0 aliphatic rings. The van der Waals surface area contributed by atoms with Crippen molar-refractivity contribution < 1.29 is 19.6 Å². The van der Waals surface area contributed by atoms with E-state index < -0.39 is 16.8 Å². The number of anilines is 1. The van der Waals surface area contributed by atoms with Crippen molar-refractivity contribution in [2.45, 2.75) is 0 Å². The van der Waals surface area contributed by atoms with Crippen molar-refractivity contribution in [3.63, 3.8) is 0 Å². The zero-order chi connectivity index (χ0) is 15.6. The van der Waals surface area contributed by atoms with Crippen molar-refractivity contribution in [2.75, 3.05) is 5.32 Å². The van der Waals surface area contributed by atoms with Crippen molar-refractivity contribution in [3.05, 3.63) is 57.8 Å². The minimum atomic E-state index is -1.11. The monoisotopic (exact) mass is 289 g/mol. The van der Waals surface area contributed by atoms with E-state index in [9.17, 15) is 19.7 Å². The summed E-state index contributed by atoms with van der Waals surface area (Å²) in [4.78, 5) is 33.0. The number of nitro groups is 1. The Kier molecular flexibility index (Phi) is 3.70. The van der Waals surface area contributed by atoms with E-state index in [4.69, 9.17) is 5.11 Å². The number of nitrogens with one attached hydrogen (secondary N) is 1. The lowest BCUT2D eigenvalue weighted by Gasteiger charge is -2.05. The number of nitrogens with zero attached hydrogens (tertiary/aromatic N) is 2. The molecule has 0 unspecified atom stereocenters. The van der Waals surface area contributed by atoms with Gasteiger partial charge in [0, 0.05) is 11.8 Å². The number of amides is 1. The summed E-state index contributed by atoms with van der Waals surface area (Å²) in [5.41, 5.74) is 0.428. The lowest BCUT2D eigenvalue weighted by molar-refractivity contribution is -0.391. The summed E-state index contributed by atoms with van der Waals surface area (Å²) < 4.78 is 1.15. The molecule has 1 aromatic heterocycles. The minimum Gasteiger partial charge on any atom is -0.478 e. The van der Waals surface area contributed by atoms with E-state index >= 15 is 0 Å². The number of hydrogen-bond donors (Lipinski definition) is 2. The fourth-order valence-corrected chi connectivity index (χ4v) is 1.84. The van der Waals surface area contributed by atoms with Crippen LogP contribution in [0.15, 0.2) is 36.4 Å². The Labute approximate surface area is 118 Å². The third-order valence-electron chi connectivity index (χ3n) is 2.88. The Bertz CT molecular complexity index is 735. The molecule has 2 N–H and O–H groups in total. The molecule has 0 spiro atoms. The van der Waals surface area contributed by atoms with Gasteiger partial charge in [0.25, 0.3) is 5.91 Å². The predicted molar refractivity (Wildman–Crippen MR) is 73.4 cm³/mol. The van der Waals surface area contributed by atoms with Gasteiger partial charge in [-0.05, 0) is 29.2 Å². The van der Waals surface area contributed by atoms with Gasteiger partial charge in [-0.15, -0.1) is 0 Å². The molecule has 8 heteroatoms. The van der Waals surface area contributed by atoms with Crippen LogP contribution in [0.4, 0.5) is 11.5 Å². The molecule has 0 saturated heterocycles. The van der Waals surface area contributed by atoms with Crippen LogP contribution < -0.4 is 5.32 Å². The Morgan fingerprint density at radius 2 is 2.00 bits per heavy atom. The second-order valence-corrected chi connectivity index (χ2v) is 4.23. The fourth-order valence-electron chi connectivity index (χ4n) is 1.84. The van der Waals surface area contributed by atoms with Crippen LogP contribution in [0.3, 0.4) is 0 Å². The van der Waals surface area contributed by atoms with E-state index in [0.717, 1.165) is 4.57 Å². The molecular weight excluding hydrogens is 278 g/mol. The number of aromatic carboxylic acids is 1. The average molecular weight is 289 g/mol. The van der Waals surface area contributed by atoms with Crippen LogP contribution in [-0.2, 0) is 7.05 Å². The van der Waals surface area contributed by atoms with E-state index in [1.54, 1.807) is 0 Å². The zero-order valence-electron chi connectivity index (χ0n) is 10.9. The summed E-state index contributed by atoms with van der Waals surface area (Å²) >= 11 is 0. The molecule has 1 heterocycles. The third kappa shape index (κ3) is 2.89. The highest BCUT2D eigenvalue weighted by Gasteiger charge is 2.20.